The molecule has 1 aliphatic rings. The summed E-state index contributed by atoms with van der Waals surface area (Å²) in [5.74, 6) is 1.41. The van der Waals surface area contributed by atoms with E-state index in [0.29, 0.717) is 23.1 Å². The Morgan fingerprint density at radius 2 is 2.03 bits per heavy atom. The number of carbonyl (C=O) groups excluding carboxylic acids is 1. The number of amides is 1. The molecule has 1 aliphatic heterocycles. The van der Waals surface area contributed by atoms with Gasteiger partial charge < -0.3 is 19.4 Å². The van der Waals surface area contributed by atoms with Crippen molar-refractivity contribution < 1.29 is 14.3 Å². The third-order valence-corrected chi connectivity index (χ3v) is 5.16. The topological polar surface area (TPSA) is 68.6 Å². The van der Waals surface area contributed by atoms with Crippen LogP contribution >= 0.6 is 11.6 Å². The number of methoxy groups -OCH3 is 1. The molecule has 0 fully saturated rings. The van der Waals surface area contributed by atoms with Crippen LogP contribution in [0, 0.1) is 0 Å². The molecule has 1 aromatic heterocycles. The van der Waals surface area contributed by atoms with Gasteiger partial charge >= 0.3 is 0 Å². The maximum absolute atomic E-state index is 12.2. The molecule has 0 atom stereocenters. The number of imidazole rings is 1. The summed E-state index contributed by atoms with van der Waals surface area (Å²) in [6.07, 6.45) is 0. The number of anilines is 1. The normalized spacial score (nSPS) is 14.0. The Kier molecular flexibility index (Phi) is 5.99. The third kappa shape index (κ3) is 4.70. The molecule has 0 aliphatic carbocycles. The van der Waals surface area contributed by atoms with E-state index >= 15 is 0 Å². The summed E-state index contributed by atoms with van der Waals surface area (Å²) < 4.78 is 12.9. The van der Waals surface area contributed by atoms with Crippen LogP contribution in [0.5, 0.6) is 5.75 Å². The highest BCUT2D eigenvalue weighted by atomic mass is 35.5. The van der Waals surface area contributed by atoms with Gasteiger partial charge in [0.2, 0.25) is 0 Å². The lowest BCUT2D eigenvalue weighted by atomic mass is 10.2. The third-order valence-electron chi connectivity index (χ3n) is 4.91. The van der Waals surface area contributed by atoms with Crippen molar-refractivity contribution in [2.75, 3.05) is 38.7 Å². The number of hydrogen-bond donors (Lipinski definition) is 1. The summed E-state index contributed by atoms with van der Waals surface area (Å²) >= 11 is 5.85. The average molecular weight is 415 g/mol. The maximum Gasteiger partial charge on any atom is 0.262 e. The Labute approximate surface area is 174 Å². The van der Waals surface area contributed by atoms with E-state index in [0.717, 1.165) is 43.0 Å². The molecule has 2 aromatic carbocycles. The number of benzene rings is 2. The highest BCUT2D eigenvalue weighted by molar-refractivity contribution is 6.30. The quantitative estimate of drug-likeness (QED) is 0.643. The second-order valence-corrected chi connectivity index (χ2v) is 7.38. The molecular weight excluding hydrogens is 392 g/mol. The van der Waals surface area contributed by atoms with Crippen LogP contribution in [0.4, 0.5) is 5.69 Å². The summed E-state index contributed by atoms with van der Waals surface area (Å²) in [5, 5.41) is 3.49. The fraction of sp³-hybridized carbons (Fsp3) is 0.333. The zero-order valence-electron chi connectivity index (χ0n) is 16.2. The fourth-order valence-corrected chi connectivity index (χ4v) is 3.56. The smallest absolute Gasteiger partial charge is 0.262 e. The lowest BCUT2D eigenvalue weighted by Gasteiger charge is -2.27. The second kappa shape index (κ2) is 8.82. The second-order valence-electron chi connectivity index (χ2n) is 6.94. The molecule has 7 nitrogen and oxygen atoms in total. The molecule has 0 bridgehead atoms. The first-order valence-corrected chi connectivity index (χ1v) is 9.89. The fourth-order valence-electron chi connectivity index (χ4n) is 3.44. The standard InChI is InChI=1S/C21H23ClN4O3/c1-28-11-10-25-8-9-26-19-7-4-16(12-18(19)24-20(26)13-25)23-21(27)14-29-17-5-2-15(22)3-6-17/h2-7,12H,8-11,13-14H2,1H3,(H,23,27). The average Bonchev–Trinajstić information content (AvgIpc) is 3.08. The molecule has 1 N–H and O–H groups in total. The monoisotopic (exact) mass is 414 g/mol. The van der Waals surface area contributed by atoms with E-state index in [9.17, 15) is 4.79 Å². The van der Waals surface area contributed by atoms with E-state index in [-0.39, 0.29) is 12.5 Å². The van der Waals surface area contributed by atoms with Crippen molar-refractivity contribution in [1.29, 1.82) is 0 Å². The minimum atomic E-state index is -0.228. The molecule has 152 valence electrons. The van der Waals surface area contributed by atoms with Crippen LogP contribution < -0.4 is 10.1 Å². The van der Waals surface area contributed by atoms with Gasteiger partial charge in [0.25, 0.3) is 5.91 Å². The van der Waals surface area contributed by atoms with Crippen LogP contribution in [-0.2, 0) is 22.6 Å². The van der Waals surface area contributed by atoms with Gasteiger partial charge in [-0.25, -0.2) is 4.98 Å². The zero-order chi connectivity index (χ0) is 20.2. The van der Waals surface area contributed by atoms with Crippen LogP contribution in [0.15, 0.2) is 42.5 Å². The highest BCUT2D eigenvalue weighted by Gasteiger charge is 2.20. The zero-order valence-corrected chi connectivity index (χ0v) is 17.0. The number of rotatable bonds is 7. The molecule has 0 spiro atoms. The van der Waals surface area contributed by atoms with Crippen molar-refractivity contribution in [2.24, 2.45) is 0 Å². The van der Waals surface area contributed by atoms with Crippen molar-refractivity contribution in [3.05, 3.63) is 53.3 Å². The first kappa shape index (κ1) is 19.7. The van der Waals surface area contributed by atoms with E-state index in [1.807, 2.05) is 18.2 Å². The SMILES string of the molecule is COCCN1CCn2c(nc3cc(NC(=O)COc4ccc(Cl)cc4)ccc32)C1. The molecule has 3 aromatic rings. The highest BCUT2D eigenvalue weighted by Crippen LogP contribution is 2.24. The van der Waals surface area contributed by atoms with Gasteiger partial charge in [0.15, 0.2) is 6.61 Å². The van der Waals surface area contributed by atoms with E-state index in [1.54, 1.807) is 31.4 Å². The molecule has 8 heteroatoms. The summed E-state index contributed by atoms with van der Waals surface area (Å²) in [4.78, 5) is 19.3. The first-order chi connectivity index (χ1) is 14.1. The van der Waals surface area contributed by atoms with Crippen molar-refractivity contribution >= 4 is 34.2 Å². The summed E-state index contributed by atoms with van der Waals surface area (Å²) in [5.41, 5.74) is 2.67. The number of nitrogens with zero attached hydrogens (tertiary/aromatic N) is 3. The van der Waals surface area contributed by atoms with E-state index in [4.69, 9.17) is 26.1 Å². The Hall–Kier alpha value is -2.61. The van der Waals surface area contributed by atoms with Crippen molar-refractivity contribution in [1.82, 2.24) is 14.5 Å². The van der Waals surface area contributed by atoms with Crippen LogP contribution in [0.2, 0.25) is 5.02 Å². The summed E-state index contributed by atoms with van der Waals surface area (Å²) in [6, 6.07) is 12.7. The summed E-state index contributed by atoms with van der Waals surface area (Å²) in [7, 11) is 1.72. The van der Waals surface area contributed by atoms with E-state index in [1.165, 1.54) is 0 Å². The molecule has 0 radical (unpaired) electrons. The van der Waals surface area contributed by atoms with Gasteiger partial charge in [0, 0.05) is 37.5 Å². The van der Waals surface area contributed by atoms with E-state index in [2.05, 4.69) is 14.8 Å². The van der Waals surface area contributed by atoms with Gasteiger partial charge in [0.05, 0.1) is 24.2 Å². The lowest BCUT2D eigenvalue weighted by molar-refractivity contribution is -0.118. The number of hydrogen-bond acceptors (Lipinski definition) is 5. The maximum atomic E-state index is 12.2. The Morgan fingerprint density at radius 1 is 1.21 bits per heavy atom. The number of nitrogens with one attached hydrogen (secondary N) is 1. The lowest BCUT2D eigenvalue weighted by Crippen LogP contribution is -2.35. The molecule has 2 heterocycles. The number of ether oxygens (including phenoxy) is 2. The van der Waals surface area contributed by atoms with E-state index < -0.39 is 0 Å². The molecule has 0 saturated carbocycles. The molecular formula is C21H23ClN4O3. The molecule has 0 saturated heterocycles. The Bertz CT molecular complexity index is 1000. The Balaban J connectivity index is 1.40. The number of halogens is 1. The van der Waals surface area contributed by atoms with Gasteiger partial charge in [-0.2, -0.15) is 0 Å². The van der Waals surface area contributed by atoms with Crippen LogP contribution in [0.3, 0.4) is 0 Å². The molecule has 1 amide bonds. The van der Waals surface area contributed by atoms with Gasteiger partial charge in [-0.05, 0) is 42.5 Å². The first-order valence-electron chi connectivity index (χ1n) is 9.51. The van der Waals surface area contributed by atoms with Gasteiger partial charge in [0.1, 0.15) is 11.6 Å². The molecule has 4 rings (SSSR count). The largest absolute Gasteiger partial charge is 0.484 e. The predicted molar refractivity (Wildman–Crippen MR) is 112 cm³/mol. The van der Waals surface area contributed by atoms with Crippen LogP contribution in [-0.4, -0.2) is 53.8 Å². The van der Waals surface area contributed by atoms with Crippen molar-refractivity contribution in [3.8, 4) is 5.75 Å². The predicted octanol–water partition coefficient (Wildman–Crippen LogP) is 3.17. The number of fused-ring (bicyclic) bond motifs is 3. The molecule has 0 unspecified atom stereocenters. The van der Waals surface area contributed by atoms with Crippen molar-refractivity contribution in [2.45, 2.75) is 13.1 Å². The van der Waals surface area contributed by atoms with Crippen LogP contribution in [0.1, 0.15) is 5.82 Å². The van der Waals surface area contributed by atoms with Crippen LogP contribution in [0.25, 0.3) is 11.0 Å². The number of carbonyl (C=O) groups is 1. The van der Waals surface area contributed by atoms with Crippen molar-refractivity contribution in [3.63, 3.8) is 0 Å². The Morgan fingerprint density at radius 3 is 2.83 bits per heavy atom. The van der Waals surface area contributed by atoms with Gasteiger partial charge in [-0.3, -0.25) is 9.69 Å². The van der Waals surface area contributed by atoms with Gasteiger partial charge in [-0.1, -0.05) is 11.6 Å². The van der Waals surface area contributed by atoms with Gasteiger partial charge in [-0.15, -0.1) is 0 Å². The summed E-state index contributed by atoms with van der Waals surface area (Å²) in [6.45, 7) is 4.21. The minimum Gasteiger partial charge on any atom is -0.484 e. The minimum absolute atomic E-state index is 0.0756. The molecule has 29 heavy (non-hydrogen) atoms. The number of aromatic nitrogens is 2.